The molecule has 5 nitrogen and oxygen atoms in total. The first kappa shape index (κ1) is 42.5. The molecule has 5 heteroatoms. The van der Waals surface area contributed by atoms with Crippen LogP contribution in [0.2, 0.25) is 0 Å². The summed E-state index contributed by atoms with van der Waals surface area (Å²) in [7, 11) is 0. The Hall–Kier alpha value is -9.32. The van der Waals surface area contributed by atoms with Gasteiger partial charge in [0.05, 0.1) is 44.5 Å². The number of hydrogen-bond acceptors (Lipinski definition) is 2. The van der Waals surface area contributed by atoms with Crippen molar-refractivity contribution in [3.8, 4) is 62.1 Å². The molecule has 0 bridgehead atoms. The van der Waals surface area contributed by atoms with Crippen LogP contribution in [0.4, 0.5) is 0 Å². The van der Waals surface area contributed by atoms with Crippen molar-refractivity contribution in [2.24, 2.45) is 0 Å². The van der Waals surface area contributed by atoms with Crippen LogP contribution in [-0.4, -0.2) is 23.7 Å². The Kier molecular flexibility index (Phi) is 9.70. The van der Waals surface area contributed by atoms with Crippen LogP contribution >= 0.6 is 0 Å². The van der Waals surface area contributed by atoms with E-state index in [4.69, 9.17) is 9.97 Å². The van der Waals surface area contributed by atoms with Gasteiger partial charge in [-0.05, 0) is 147 Å². The van der Waals surface area contributed by atoms with Crippen LogP contribution in [0.3, 0.4) is 0 Å². The average molecular weight is 936 g/mol. The highest BCUT2D eigenvalue weighted by Crippen LogP contribution is 2.41. The van der Waals surface area contributed by atoms with Gasteiger partial charge in [-0.15, -0.1) is 0 Å². The highest BCUT2D eigenvalue weighted by atomic mass is 15.0. The minimum atomic E-state index is 0.727. The molecule has 346 valence electrons. The van der Waals surface area contributed by atoms with E-state index in [1.165, 1.54) is 82.2 Å². The molecule has 0 radical (unpaired) electrons. The molecule has 4 heterocycles. The molecule has 0 aliphatic rings. The van der Waals surface area contributed by atoms with Gasteiger partial charge in [0.25, 0.3) is 0 Å². The zero-order valence-electron chi connectivity index (χ0n) is 41.1. The number of aromatic nitrogens is 5. The van der Waals surface area contributed by atoms with E-state index in [0.29, 0.717) is 0 Å². The molecule has 14 rings (SSSR count). The molecule has 4 aromatic heterocycles. The summed E-state index contributed by atoms with van der Waals surface area (Å²) in [6.45, 7) is 8.66. The molecule has 73 heavy (non-hydrogen) atoms. The first-order valence-electron chi connectivity index (χ1n) is 25.1. The van der Waals surface area contributed by atoms with Gasteiger partial charge in [-0.25, -0.2) is 9.97 Å². The van der Waals surface area contributed by atoms with Crippen molar-refractivity contribution in [1.29, 1.82) is 0 Å². The van der Waals surface area contributed by atoms with Gasteiger partial charge in [-0.2, -0.15) is 0 Å². The Balaban J connectivity index is 0.905. The van der Waals surface area contributed by atoms with Crippen molar-refractivity contribution >= 4 is 65.4 Å². The molecule has 10 aromatic carbocycles. The zero-order chi connectivity index (χ0) is 48.9. The van der Waals surface area contributed by atoms with Crippen molar-refractivity contribution in [1.82, 2.24) is 23.7 Å². The Bertz CT molecular complexity index is 4200. The van der Waals surface area contributed by atoms with E-state index in [-0.39, 0.29) is 0 Å². The van der Waals surface area contributed by atoms with E-state index in [1.807, 2.05) is 0 Å². The predicted molar refractivity (Wildman–Crippen MR) is 306 cm³/mol. The van der Waals surface area contributed by atoms with Gasteiger partial charge >= 0.3 is 0 Å². The normalized spacial score (nSPS) is 11.8. The van der Waals surface area contributed by atoms with Gasteiger partial charge in [0, 0.05) is 66.1 Å². The third kappa shape index (κ3) is 6.92. The average Bonchev–Trinajstić information content (AvgIpc) is 4.07. The SMILES string of the molecule is Cc1cccc(-c2cc(-c3cc(C)c(-c4ccc(-n5c6ccc(-n7c8ccccc8c8ccccc87)cc6c6cc(-n7c8ccccc8c8ccccc87)ccc65)cc4)cc3C)nc(-c3cccc(C)c3)n2)c1. The predicted octanol–water partition coefficient (Wildman–Crippen LogP) is 17.7. The fourth-order valence-corrected chi connectivity index (χ4v) is 11.6. The van der Waals surface area contributed by atoms with E-state index >= 15 is 0 Å². The second-order valence-electron chi connectivity index (χ2n) is 19.7. The van der Waals surface area contributed by atoms with Gasteiger partial charge in [0.2, 0.25) is 0 Å². The monoisotopic (exact) mass is 935 g/mol. The first-order chi connectivity index (χ1) is 35.8. The fourth-order valence-electron chi connectivity index (χ4n) is 11.6. The van der Waals surface area contributed by atoms with E-state index in [9.17, 15) is 0 Å². The topological polar surface area (TPSA) is 40.6 Å². The standard InChI is InChI=1S/C68H49N5/c1-42-15-13-17-47(35-42)60-41-61(70-68(69-60)48-18-14-16-43(2)36-48)57-38-44(3)56(37-45(57)4)46-27-29-49(30-28-46)71-66-33-31-50(72-62-23-9-5-19-52(62)53-20-6-10-24-63(53)72)39-58(66)59-40-51(32-34-67(59)71)73-64-25-11-7-21-54(64)55-22-8-12-26-65(55)73/h5-41H,1-4H3. The second-order valence-corrected chi connectivity index (χ2v) is 19.7. The van der Waals surface area contributed by atoms with Crippen LogP contribution in [0, 0.1) is 27.7 Å². The number of rotatable bonds is 7. The summed E-state index contributed by atoms with van der Waals surface area (Å²) in [5.74, 6) is 0.727. The molecular formula is C68H49N5. The van der Waals surface area contributed by atoms with Crippen LogP contribution in [0.15, 0.2) is 224 Å². The number of para-hydroxylation sites is 4. The van der Waals surface area contributed by atoms with Crippen LogP contribution in [0.1, 0.15) is 22.3 Å². The van der Waals surface area contributed by atoms with Gasteiger partial charge < -0.3 is 13.7 Å². The molecule has 0 spiro atoms. The Morgan fingerprint density at radius 3 is 1.21 bits per heavy atom. The Labute approximate surface area is 423 Å². The molecule has 0 aliphatic carbocycles. The highest BCUT2D eigenvalue weighted by Gasteiger charge is 2.20. The lowest BCUT2D eigenvalue weighted by Gasteiger charge is -2.15. The first-order valence-corrected chi connectivity index (χ1v) is 25.1. The molecule has 0 unspecified atom stereocenters. The molecule has 0 N–H and O–H groups in total. The van der Waals surface area contributed by atoms with Crippen molar-refractivity contribution in [2.75, 3.05) is 0 Å². The zero-order valence-corrected chi connectivity index (χ0v) is 41.1. The minimum Gasteiger partial charge on any atom is -0.309 e. The van der Waals surface area contributed by atoms with Crippen LogP contribution in [0.5, 0.6) is 0 Å². The van der Waals surface area contributed by atoms with Crippen molar-refractivity contribution < 1.29 is 0 Å². The number of hydrogen-bond donors (Lipinski definition) is 0. The minimum absolute atomic E-state index is 0.727. The maximum absolute atomic E-state index is 5.23. The van der Waals surface area contributed by atoms with Gasteiger partial charge in [0.15, 0.2) is 5.82 Å². The molecule has 0 saturated heterocycles. The maximum atomic E-state index is 5.23. The molecular weight excluding hydrogens is 887 g/mol. The summed E-state index contributed by atoms with van der Waals surface area (Å²) >= 11 is 0. The summed E-state index contributed by atoms with van der Waals surface area (Å²) < 4.78 is 7.28. The van der Waals surface area contributed by atoms with Crippen molar-refractivity contribution in [3.63, 3.8) is 0 Å². The molecule has 0 aliphatic heterocycles. The molecule has 0 atom stereocenters. The molecule has 0 amide bonds. The number of benzene rings is 10. The van der Waals surface area contributed by atoms with E-state index in [1.54, 1.807) is 0 Å². The third-order valence-corrected chi connectivity index (χ3v) is 15.0. The van der Waals surface area contributed by atoms with Crippen LogP contribution in [0.25, 0.3) is 128 Å². The number of nitrogens with zero attached hydrogens (tertiary/aromatic N) is 5. The highest BCUT2D eigenvalue weighted by molar-refractivity contribution is 6.14. The fraction of sp³-hybridized carbons (Fsp3) is 0.0588. The summed E-state index contributed by atoms with van der Waals surface area (Å²) in [6.07, 6.45) is 0. The Morgan fingerprint density at radius 1 is 0.274 bits per heavy atom. The maximum Gasteiger partial charge on any atom is 0.160 e. The largest absolute Gasteiger partial charge is 0.309 e. The summed E-state index contributed by atoms with van der Waals surface area (Å²) in [6, 6.07) is 82.0. The summed E-state index contributed by atoms with van der Waals surface area (Å²) in [5.41, 5.74) is 22.6. The number of aryl methyl sites for hydroxylation is 4. The lowest BCUT2D eigenvalue weighted by Crippen LogP contribution is -1.98. The van der Waals surface area contributed by atoms with Gasteiger partial charge in [0.1, 0.15) is 0 Å². The third-order valence-electron chi connectivity index (χ3n) is 15.0. The van der Waals surface area contributed by atoms with Gasteiger partial charge in [-0.3, -0.25) is 0 Å². The van der Waals surface area contributed by atoms with Crippen molar-refractivity contribution in [2.45, 2.75) is 27.7 Å². The lowest BCUT2D eigenvalue weighted by molar-refractivity contribution is 1.16. The molecule has 0 saturated carbocycles. The van der Waals surface area contributed by atoms with Gasteiger partial charge in [-0.1, -0.05) is 139 Å². The van der Waals surface area contributed by atoms with E-state index in [2.05, 4.69) is 266 Å². The quantitative estimate of drug-likeness (QED) is 0.160. The van der Waals surface area contributed by atoms with Crippen molar-refractivity contribution in [3.05, 3.63) is 247 Å². The smallest absolute Gasteiger partial charge is 0.160 e. The second kappa shape index (κ2) is 16.6. The number of fused-ring (bicyclic) bond motifs is 9. The Morgan fingerprint density at radius 2 is 0.685 bits per heavy atom. The molecule has 0 fully saturated rings. The van der Waals surface area contributed by atoms with Crippen LogP contribution < -0.4 is 0 Å². The summed E-state index contributed by atoms with van der Waals surface area (Å²) in [4.78, 5) is 10.4. The lowest BCUT2D eigenvalue weighted by atomic mass is 9.93. The van der Waals surface area contributed by atoms with Crippen LogP contribution in [-0.2, 0) is 0 Å². The van der Waals surface area contributed by atoms with E-state index in [0.717, 1.165) is 67.6 Å². The molecule has 14 aromatic rings. The van der Waals surface area contributed by atoms with E-state index < -0.39 is 0 Å². The summed E-state index contributed by atoms with van der Waals surface area (Å²) in [5, 5.41) is 7.41.